The van der Waals surface area contributed by atoms with Crippen molar-refractivity contribution in [3.8, 4) is 11.1 Å². The molecule has 0 aliphatic carbocycles. The van der Waals surface area contributed by atoms with Crippen molar-refractivity contribution in [3.05, 3.63) is 113 Å². The average Bonchev–Trinajstić information content (AvgIpc) is 3.35. The van der Waals surface area contributed by atoms with E-state index in [9.17, 15) is 0 Å². The molecule has 38 heavy (non-hydrogen) atoms. The van der Waals surface area contributed by atoms with Gasteiger partial charge in [-0.3, -0.25) is 0 Å². The second kappa shape index (κ2) is 10.5. The van der Waals surface area contributed by atoms with Crippen molar-refractivity contribution >= 4 is 28.5 Å². The van der Waals surface area contributed by atoms with Gasteiger partial charge in [0, 0.05) is 29.9 Å². The third kappa shape index (κ3) is 4.61. The molecule has 2 aromatic heterocycles. The van der Waals surface area contributed by atoms with E-state index in [1.54, 1.807) is 0 Å². The number of benzene rings is 3. The Hall–Kier alpha value is -3.90. The smallest absolute Gasteiger partial charge is 0.150 e. The van der Waals surface area contributed by atoms with Crippen LogP contribution in [-0.2, 0) is 26.1 Å². The maximum Gasteiger partial charge on any atom is 0.150 e. The van der Waals surface area contributed by atoms with Crippen molar-refractivity contribution in [3.63, 3.8) is 0 Å². The van der Waals surface area contributed by atoms with Crippen LogP contribution in [0.15, 0.2) is 78.9 Å². The molecule has 0 spiro atoms. The molecule has 3 aromatic carbocycles. The number of rotatable bonds is 7. The van der Waals surface area contributed by atoms with E-state index in [0.29, 0.717) is 13.1 Å². The van der Waals surface area contributed by atoms with E-state index in [0.717, 1.165) is 48.0 Å². The fourth-order valence-corrected chi connectivity index (χ4v) is 5.72. The molecule has 5 aromatic rings. The molecular formula is C32H33N5S. The SMILES string of the molecule is Cc1ccc(NCc2nn3c(C(=S)NCc4ccccc4)c(-c4ccccc4)c4c3n2CCCC4)cc1C. The van der Waals surface area contributed by atoms with Gasteiger partial charge in [-0.25, -0.2) is 4.52 Å². The van der Waals surface area contributed by atoms with E-state index in [4.69, 9.17) is 17.3 Å². The van der Waals surface area contributed by atoms with Crippen molar-refractivity contribution < 1.29 is 0 Å². The molecule has 0 saturated heterocycles. The quantitative estimate of drug-likeness (QED) is 0.231. The van der Waals surface area contributed by atoms with Crippen LogP contribution in [0.3, 0.4) is 0 Å². The Morgan fingerprint density at radius 1 is 0.895 bits per heavy atom. The molecule has 0 unspecified atom stereocenters. The Morgan fingerprint density at radius 3 is 2.42 bits per heavy atom. The molecule has 5 nitrogen and oxygen atoms in total. The normalized spacial score (nSPS) is 12.9. The summed E-state index contributed by atoms with van der Waals surface area (Å²) < 4.78 is 4.52. The van der Waals surface area contributed by atoms with Crippen molar-refractivity contribution in [2.45, 2.75) is 52.7 Å². The number of aromatic nitrogens is 3. The van der Waals surface area contributed by atoms with Gasteiger partial charge in [0.25, 0.3) is 0 Å². The lowest BCUT2D eigenvalue weighted by Crippen LogP contribution is -2.24. The summed E-state index contributed by atoms with van der Waals surface area (Å²) in [6, 6.07) is 27.6. The molecule has 192 valence electrons. The molecule has 1 aliphatic rings. The van der Waals surface area contributed by atoms with Crippen molar-refractivity contribution in [1.29, 1.82) is 0 Å². The van der Waals surface area contributed by atoms with Crippen LogP contribution >= 0.6 is 12.2 Å². The second-order valence-corrected chi connectivity index (χ2v) is 10.6. The number of hydrogen-bond acceptors (Lipinski definition) is 3. The van der Waals surface area contributed by atoms with Crippen LogP contribution in [0.25, 0.3) is 16.8 Å². The van der Waals surface area contributed by atoms with Gasteiger partial charge < -0.3 is 15.2 Å². The largest absolute Gasteiger partial charge is 0.378 e. The van der Waals surface area contributed by atoms with E-state index >= 15 is 0 Å². The van der Waals surface area contributed by atoms with Crippen LogP contribution in [0.5, 0.6) is 0 Å². The van der Waals surface area contributed by atoms with Gasteiger partial charge in [0.15, 0.2) is 5.82 Å². The highest BCUT2D eigenvalue weighted by Gasteiger charge is 2.28. The van der Waals surface area contributed by atoms with Crippen LogP contribution in [0.2, 0.25) is 0 Å². The minimum Gasteiger partial charge on any atom is -0.378 e. The van der Waals surface area contributed by atoms with E-state index in [1.165, 1.54) is 39.0 Å². The van der Waals surface area contributed by atoms with Gasteiger partial charge in [0.2, 0.25) is 0 Å². The summed E-state index contributed by atoms with van der Waals surface area (Å²) in [7, 11) is 0. The minimum atomic E-state index is 0.661. The van der Waals surface area contributed by atoms with Crippen LogP contribution in [0.4, 0.5) is 5.69 Å². The number of nitrogens with zero attached hydrogens (tertiary/aromatic N) is 3. The molecular weight excluding hydrogens is 486 g/mol. The zero-order chi connectivity index (χ0) is 26.1. The van der Waals surface area contributed by atoms with Gasteiger partial charge in [-0.1, -0.05) is 78.9 Å². The summed E-state index contributed by atoms with van der Waals surface area (Å²) in [6.45, 7) is 6.60. The Balaban J connectivity index is 1.43. The van der Waals surface area contributed by atoms with E-state index in [-0.39, 0.29) is 0 Å². The van der Waals surface area contributed by atoms with Crippen molar-refractivity contribution in [2.75, 3.05) is 5.32 Å². The fraction of sp³-hybridized carbons (Fsp3) is 0.250. The van der Waals surface area contributed by atoms with Gasteiger partial charge in [-0.05, 0) is 67.5 Å². The first-order valence-corrected chi connectivity index (χ1v) is 13.8. The average molecular weight is 520 g/mol. The molecule has 0 atom stereocenters. The van der Waals surface area contributed by atoms with Crippen LogP contribution in [0, 0.1) is 13.8 Å². The summed E-state index contributed by atoms with van der Waals surface area (Å²) in [6.07, 6.45) is 3.30. The van der Waals surface area contributed by atoms with Crippen molar-refractivity contribution in [1.82, 2.24) is 19.5 Å². The number of thiocarbonyl (C=S) groups is 1. The number of aryl methyl sites for hydroxylation is 4. The highest BCUT2D eigenvalue weighted by Crippen LogP contribution is 2.37. The molecule has 0 saturated carbocycles. The monoisotopic (exact) mass is 519 g/mol. The Kier molecular flexibility index (Phi) is 6.73. The first-order valence-electron chi connectivity index (χ1n) is 13.4. The van der Waals surface area contributed by atoms with Gasteiger partial charge in [0.05, 0.1) is 6.54 Å². The van der Waals surface area contributed by atoms with Crippen LogP contribution in [0.1, 0.15) is 46.6 Å². The molecule has 0 bridgehead atoms. The summed E-state index contributed by atoms with van der Waals surface area (Å²) in [5.41, 5.74) is 10.8. The molecule has 1 aliphatic heterocycles. The van der Waals surface area contributed by atoms with Crippen LogP contribution in [-0.4, -0.2) is 19.2 Å². The second-order valence-electron chi connectivity index (χ2n) is 10.1. The molecule has 6 heteroatoms. The van der Waals surface area contributed by atoms with E-state index in [1.807, 2.05) is 6.07 Å². The maximum atomic E-state index is 6.07. The van der Waals surface area contributed by atoms with Crippen molar-refractivity contribution in [2.24, 2.45) is 0 Å². The molecule has 0 radical (unpaired) electrons. The van der Waals surface area contributed by atoms with E-state index in [2.05, 4.69) is 106 Å². The Morgan fingerprint density at radius 2 is 1.66 bits per heavy atom. The minimum absolute atomic E-state index is 0.661. The fourth-order valence-electron chi connectivity index (χ4n) is 5.45. The summed E-state index contributed by atoms with van der Waals surface area (Å²) in [5.74, 6) is 1.04. The summed E-state index contributed by atoms with van der Waals surface area (Å²) in [5, 5.41) is 12.3. The van der Waals surface area contributed by atoms with Gasteiger partial charge >= 0.3 is 0 Å². The maximum absolute atomic E-state index is 6.07. The van der Waals surface area contributed by atoms with Crippen LogP contribution < -0.4 is 10.6 Å². The first kappa shape index (κ1) is 24.4. The van der Waals surface area contributed by atoms with Gasteiger partial charge in [-0.15, -0.1) is 0 Å². The predicted molar refractivity (Wildman–Crippen MR) is 160 cm³/mol. The first-order chi connectivity index (χ1) is 18.6. The standard InChI is InChI=1S/C32H33N5S/c1-22-16-17-26(19-23(22)2)33-21-28-35-37-30(31(38)34-20-24-11-5-3-6-12-24)29(25-13-7-4-8-14-25)27-15-9-10-18-36(28)32(27)37/h3-8,11-14,16-17,19,33H,9-10,15,18,20-21H2,1-2H3,(H,34,38). The molecule has 6 rings (SSSR count). The van der Waals surface area contributed by atoms with E-state index < -0.39 is 0 Å². The van der Waals surface area contributed by atoms with Gasteiger partial charge in [0.1, 0.15) is 16.3 Å². The number of nitrogens with one attached hydrogen (secondary N) is 2. The lowest BCUT2D eigenvalue weighted by molar-refractivity contribution is 0.619. The zero-order valence-corrected chi connectivity index (χ0v) is 22.8. The highest BCUT2D eigenvalue weighted by molar-refractivity contribution is 7.80. The lowest BCUT2D eigenvalue weighted by atomic mass is 9.98. The zero-order valence-electron chi connectivity index (χ0n) is 22.0. The topological polar surface area (TPSA) is 46.3 Å². The number of hydrogen-bond donors (Lipinski definition) is 2. The Bertz CT molecular complexity index is 1600. The molecule has 3 heterocycles. The van der Waals surface area contributed by atoms with Gasteiger partial charge in [-0.2, -0.15) is 5.10 Å². The molecule has 0 fully saturated rings. The summed E-state index contributed by atoms with van der Waals surface area (Å²) >= 11 is 6.07. The lowest BCUT2D eigenvalue weighted by Gasteiger charge is -2.12. The molecule has 0 amide bonds. The Labute approximate surface area is 229 Å². The predicted octanol–water partition coefficient (Wildman–Crippen LogP) is 6.83. The third-order valence-corrected chi connectivity index (χ3v) is 7.93. The number of anilines is 1. The molecule has 2 N–H and O–H groups in total. The third-order valence-electron chi connectivity index (χ3n) is 7.59. The highest BCUT2D eigenvalue weighted by atomic mass is 32.1. The summed E-state index contributed by atoms with van der Waals surface area (Å²) in [4.78, 5) is 0.729.